The molecule has 5 nitrogen and oxygen atoms in total. The molecule has 0 saturated heterocycles. The SMILES string of the molecule is COC1(Cc2nnc3n2CCNC3C2CC2)CCC1. The van der Waals surface area contributed by atoms with Gasteiger partial charge in [0.2, 0.25) is 0 Å². The van der Waals surface area contributed by atoms with Gasteiger partial charge in [-0.15, -0.1) is 10.2 Å². The minimum atomic E-state index is 0.0454. The molecule has 0 radical (unpaired) electrons. The van der Waals surface area contributed by atoms with Crippen molar-refractivity contribution >= 4 is 0 Å². The first-order valence-electron chi connectivity index (χ1n) is 7.52. The van der Waals surface area contributed by atoms with E-state index in [1.54, 1.807) is 0 Å². The van der Waals surface area contributed by atoms with E-state index >= 15 is 0 Å². The molecule has 1 unspecified atom stereocenters. The lowest BCUT2D eigenvalue weighted by molar-refractivity contribution is -0.0727. The number of fused-ring (bicyclic) bond motifs is 1. The summed E-state index contributed by atoms with van der Waals surface area (Å²) in [4.78, 5) is 0. The first-order valence-corrected chi connectivity index (χ1v) is 7.52. The molecule has 0 spiro atoms. The van der Waals surface area contributed by atoms with E-state index in [1.807, 2.05) is 7.11 Å². The Balaban J connectivity index is 1.60. The molecule has 0 amide bonds. The lowest BCUT2D eigenvalue weighted by Crippen LogP contribution is -2.43. The highest BCUT2D eigenvalue weighted by Crippen LogP contribution is 2.42. The topological polar surface area (TPSA) is 52.0 Å². The molecule has 1 aliphatic heterocycles. The second-order valence-corrected chi connectivity index (χ2v) is 6.31. The van der Waals surface area contributed by atoms with Crippen LogP contribution in [0.5, 0.6) is 0 Å². The highest BCUT2D eigenvalue weighted by Gasteiger charge is 2.41. The molecule has 2 fully saturated rings. The van der Waals surface area contributed by atoms with Gasteiger partial charge in [-0.25, -0.2) is 0 Å². The molecule has 5 heteroatoms. The Morgan fingerprint density at radius 1 is 1.37 bits per heavy atom. The number of hydrogen-bond acceptors (Lipinski definition) is 4. The lowest BCUT2D eigenvalue weighted by atomic mass is 9.77. The van der Waals surface area contributed by atoms with E-state index in [-0.39, 0.29) is 5.60 Å². The van der Waals surface area contributed by atoms with Crippen LogP contribution in [0.3, 0.4) is 0 Å². The molecule has 104 valence electrons. The highest BCUT2D eigenvalue weighted by atomic mass is 16.5. The Bertz CT molecular complexity index is 470. The highest BCUT2D eigenvalue weighted by molar-refractivity contribution is 5.11. The normalized spacial score (nSPS) is 28.8. The molecule has 2 aliphatic carbocycles. The molecule has 1 aromatic rings. The molecule has 1 atom stereocenters. The number of ether oxygens (including phenoxy) is 1. The van der Waals surface area contributed by atoms with Gasteiger partial charge >= 0.3 is 0 Å². The van der Waals surface area contributed by atoms with E-state index in [9.17, 15) is 0 Å². The number of nitrogens with zero attached hydrogens (tertiary/aromatic N) is 3. The minimum Gasteiger partial charge on any atom is -0.378 e. The van der Waals surface area contributed by atoms with Crippen molar-refractivity contribution in [3.05, 3.63) is 11.6 Å². The van der Waals surface area contributed by atoms with Gasteiger partial charge < -0.3 is 14.6 Å². The van der Waals surface area contributed by atoms with Gasteiger partial charge in [0.05, 0.1) is 11.6 Å². The summed E-state index contributed by atoms with van der Waals surface area (Å²) in [5, 5.41) is 12.5. The third kappa shape index (κ3) is 1.91. The van der Waals surface area contributed by atoms with Crippen LogP contribution < -0.4 is 5.32 Å². The Hall–Kier alpha value is -0.940. The maximum Gasteiger partial charge on any atom is 0.150 e. The van der Waals surface area contributed by atoms with Crippen molar-refractivity contribution in [2.45, 2.75) is 56.7 Å². The number of nitrogens with one attached hydrogen (secondary N) is 1. The zero-order valence-corrected chi connectivity index (χ0v) is 11.6. The van der Waals surface area contributed by atoms with Crippen LogP contribution in [0, 0.1) is 5.92 Å². The van der Waals surface area contributed by atoms with Gasteiger partial charge in [0.25, 0.3) is 0 Å². The first-order chi connectivity index (χ1) is 9.31. The summed E-state index contributed by atoms with van der Waals surface area (Å²) in [7, 11) is 1.83. The molecule has 3 aliphatic rings. The van der Waals surface area contributed by atoms with Crippen molar-refractivity contribution in [3.8, 4) is 0 Å². The van der Waals surface area contributed by atoms with Crippen molar-refractivity contribution in [1.29, 1.82) is 0 Å². The Labute approximate surface area is 113 Å². The second-order valence-electron chi connectivity index (χ2n) is 6.31. The van der Waals surface area contributed by atoms with Crippen LogP contribution in [-0.2, 0) is 17.7 Å². The van der Waals surface area contributed by atoms with E-state index in [2.05, 4.69) is 20.1 Å². The van der Waals surface area contributed by atoms with Crippen LogP contribution in [0.25, 0.3) is 0 Å². The molecular weight excluding hydrogens is 240 g/mol. The first kappa shape index (κ1) is 11.9. The van der Waals surface area contributed by atoms with Crippen LogP contribution in [-0.4, -0.2) is 34.0 Å². The predicted octanol–water partition coefficient (Wildman–Crippen LogP) is 1.44. The van der Waals surface area contributed by atoms with E-state index in [4.69, 9.17) is 4.74 Å². The third-order valence-corrected chi connectivity index (χ3v) is 5.11. The molecule has 4 rings (SSSR count). The number of aromatic nitrogens is 3. The summed E-state index contributed by atoms with van der Waals surface area (Å²) in [5.41, 5.74) is 0.0454. The van der Waals surface area contributed by atoms with Crippen LogP contribution in [0.2, 0.25) is 0 Å². The second kappa shape index (κ2) is 4.28. The summed E-state index contributed by atoms with van der Waals surface area (Å²) in [6.45, 7) is 2.04. The van der Waals surface area contributed by atoms with E-state index in [0.29, 0.717) is 6.04 Å². The fraction of sp³-hybridized carbons (Fsp3) is 0.857. The maximum atomic E-state index is 5.73. The summed E-state index contributed by atoms with van der Waals surface area (Å²) >= 11 is 0. The molecule has 2 saturated carbocycles. The summed E-state index contributed by atoms with van der Waals surface area (Å²) in [6, 6.07) is 0.440. The Morgan fingerprint density at radius 2 is 2.21 bits per heavy atom. The summed E-state index contributed by atoms with van der Waals surface area (Å²) < 4.78 is 8.07. The standard InChI is InChI=1S/C14H22N4O/c1-19-14(5-2-6-14)9-11-16-17-13-12(10-3-4-10)15-7-8-18(11)13/h10,12,15H,2-9H2,1H3. The molecule has 2 heterocycles. The number of hydrogen-bond donors (Lipinski definition) is 1. The number of rotatable bonds is 4. The Kier molecular flexibility index (Phi) is 2.67. The van der Waals surface area contributed by atoms with Gasteiger partial charge in [-0.05, 0) is 38.0 Å². The Morgan fingerprint density at radius 3 is 2.84 bits per heavy atom. The van der Waals surface area contributed by atoms with Crippen LogP contribution in [0.1, 0.15) is 49.8 Å². The molecular formula is C14H22N4O. The predicted molar refractivity (Wildman–Crippen MR) is 70.8 cm³/mol. The van der Waals surface area contributed by atoms with Crippen LogP contribution in [0.4, 0.5) is 0 Å². The van der Waals surface area contributed by atoms with E-state index in [1.165, 1.54) is 19.3 Å². The van der Waals surface area contributed by atoms with Gasteiger partial charge in [-0.2, -0.15) is 0 Å². The average Bonchev–Trinajstić information content (AvgIpc) is 3.15. The summed E-state index contributed by atoms with van der Waals surface area (Å²) in [6.07, 6.45) is 7.20. The van der Waals surface area contributed by atoms with E-state index in [0.717, 1.165) is 49.9 Å². The van der Waals surface area contributed by atoms with Gasteiger partial charge in [-0.1, -0.05) is 0 Å². The molecule has 19 heavy (non-hydrogen) atoms. The van der Waals surface area contributed by atoms with Crippen LogP contribution >= 0.6 is 0 Å². The average molecular weight is 262 g/mol. The fourth-order valence-corrected chi connectivity index (χ4v) is 3.50. The zero-order chi connectivity index (χ0) is 12.9. The minimum absolute atomic E-state index is 0.0454. The monoisotopic (exact) mass is 262 g/mol. The van der Waals surface area contributed by atoms with E-state index < -0.39 is 0 Å². The zero-order valence-electron chi connectivity index (χ0n) is 11.6. The largest absolute Gasteiger partial charge is 0.378 e. The molecule has 1 aromatic heterocycles. The lowest BCUT2D eigenvalue weighted by Gasteiger charge is -2.40. The van der Waals surface area contributed by atoms with Crippen molar-refractivity contribution in [2.75, 3.05) is 13.7 Å². The van der Waals surface area contributed by atoms with Crippen LogP contribution in [0.15, 0.2) is 0 Å². The summed E-state index contributed by atoms with van der Waals surface area (Å²) in [5.74, 6) is 3.08. The van der Waals surface area contributed by atoms with Gasteiger partial charge in [0, 0.05) is 26.6 Å². The van der Waals surface area contributed by atoms with Gasteiger partial charge in [0.15, 0.2) is 5.82 Å². The van der Waals surface area contributed by atoms with Crippen molar-refractivity contribution in [1.82, 2.24) is 20.1 Å². The third-order valence-electron chi connectivity index (χ3n) is 5.11. The maximum absolute atomic E-state index is 5.73. The van der Waals surface area contributed by atoms with Crippen molar-refractivity contribution < 1.29 is 4.74 Å². The number of methoxy groups -OCH3 is 1. The van der Waals surface area contributed by atoms with Gasteiger partial charge in [0.1, 0.15) is 5.82 Å². The van der Waals surface area contributed by atoms with Crippen molar-refractivity contribution in [3.63, 3.8) is 0 Å². The molecule has 0 aromatic carbocycles. The quantitative estimate of drug-likeness (QED) is 0.892. The molecule has 0 bridgehead atoms. The van der Waals surface area contributed by atoms with Gasteiger partial charge in [-0.3, -0.25) is 0 Å². The fourth-order valence-electron chi connectivity index (χ4n) is 3.50. The van der Waals surface area contributed by atoms with Crippen molar-refractivity contribution in [2.24, 2.45) is 5.92 Å². The smallest absolute Gasteiger partial charge is 0.150 e. The molecule has 1 N–H and O–H groups in total.